The van der Waals surface area contributed by atoms with Gasteiger partial charge in [0, 0.05) is 19.1 Å². The van der Waals surface area contributed by atoms with Crippen molar-refractivity contribution in [3.05, 3.63) is 0 Å². The van der Waals surface area contributed by atoms with Gasteiger partial charge in [0.25, 0.3) is 0 Å². The highest BCUT2D eigenvalue weighted by Gasteiger charge is 2.20. The molecule has 0 aliphatic carbocycles. The molecule has 0 aromatic carbocycles. The Kier molecular flexibility index (Phi) is 3.54. The van der Waals surface area contributed by atoms with Crippen LogP contribution in [0.15, 0.2) is 0 Å². The normalized spacial score (nSPS) is 22.2. The van der Waals surface area contributed by atoms with Crippen LogP contribution in [-0.2, 0) is 9.53 Å². The van der Waals surface area contributed by atoms with Gasteiger partial charge in [0.1, 0.15) is 0 Å². The second-order valence-electron chi connectivity index (χ2n) is 3.08. The Morgan fingerprint density at radius 1 is 1.69 bits per heavy atom. The molecule has 74 valence electrons. The lowest BCUT2D eigenvalue weighted by molar-refractivity contribution is -0.119. The molecule has 1 saturated heterocycles. The molecule has 0 aromatic rings. The largest absolute Gasteiger partial charge is 0.453 e. The van der Waals surface area contributed by atoms with Gasteiger partial charge in [-0.1, -0.05) is 0 Å². The van der Waals surface area contributed by atoms with Crippen molar-refractivity contribution >= 4 is 12.5 Å². The topological polar surface area (TPSA) is 58.6 Å². The van der Waals surface area contributed by atoms with Crippen LogP contribution in [0.25, 0.3) is 0 Å². The van der Waals surface area contributed by atoms with E-state index in [2.05, 4.69) is 10.1 Å². The van der Waals surface area contributed by atoms with Crippen LogP contribution in [0.4, 0.5) is 4.79 Å². The van der Waals surface area contributed by atoms with Gasteiger partial charge < -0.3 is 15.0 Å². The molecule has 5 nitrogen and oxygen atoms in total. The van der Waals surface area contributed by atoms with Gasteiger partial charge in [0.05, 0.1) is 7.11 Å². The number of alkyl carbamates (subject to hydrolysis) is 1. The zero-order chi connectivity index (χ0) is 9.68. The summed E-state index contributed by atoms with van der Waals surface area (Å²) in [6.45, 7) is 1.36. The Bertz CT molecular complexity index is 196. The van der Waals surface area contributed by atoms with Gasteiger partial charge in [-0.25, -0.2) is 4.79 Å². The fourth-order valence-electron chi connectivity index (χ4n) is 1.45. The summed E-state index contributed by atoms with van der Waals surface area (Å²) < 4.78 is 4.46. The lowest BCUT2D eigenvalue weighted by Crippen LogP contribution is -2.47. The van der Waals surface area contributed by atoms with Crippen LogP contribution in [0, 0.1) is 0 Å². The van der Waals surface area contributed by atoms with Crippen LogP contribution in [0.3, 0.4) is 0 Å². The van der Waals surface area contributed by atoms with Gasteiger partial charge in [0.15, 0.2) is 0 Å². The van der Waals surface area contributed by atoms with Crippen molar-refractivity contribution in [1.82, 2.24) is 10.2 Å². The molecule has 1 heterocycles. The van der Waals surface area contributed by atoms with Crippen molar-refractivity contribution in [2.24, 2.45) is 0 Å². The number of ether oxygens (including phenoxy) is 1. The molecular weight excluding hydrogens is 172 g/mol. The fraction of sp³-hybridized carbons (Fsp3) is 0.750. The monoisotopic (exact) mass is 186 g/mol. The molecular formula is C8H14N2O3. The quantitative estimate of drug-likeness (QED) is 0.616. The zero-order valence-electron chi connectivity index (χ0n) is 7.66. The van der Waals surface area contributed by atoms with Gasteiger partial charge >= 0.3 is 6.09 Å². The van der Waals surface area contributed by atoms with Crippen LogP contribution >= 0.6 is 0 Å². The van der Waals surface area contributed by atoms with Gasteiger partial charge in [-0.15, -0.1) is 0 Å². The maximum Gasteiger partial charge on any atom is 0.407 e. The highest BCUT2D eigenvalue weighted by molar-refractivity contribution is 5.67. The minimum absolute atomic E-state index is 0.0337. The summed E-state index contributed by atoms with van der Waals surface area (Å²) in [5.74, 6) is 0. The van der Waals surface area contributed by atoms with Gasteiger partial charge in [-0.2, -0.15) is 0 Å². The Labute approximate surface area is 77.0 Å². The third kappa shape index (κ3) is 2.93. The van der Waals surface area contributed by atoms with E-state index >= 15 is 0 Å². The van der Waals surface area contributed by atoms with E-state index in [0.717, 1.165) is 25.8 Å². The number of methoxy groups -OCH3 is 1. The summed E-state index contributed by atoms with van der Waals surface area (Å²) in [5.41, 5.74) is 0. The summed E-state index contributed by atoms with van der Waals surface area (Å²) in [7, 11) is 1.33. The highest BCUT2D eigenvalue weighted by Crippen LogP contribution is 2.07. The lowest BCUT2D eigenvalue weighted by atomic mass is 10.1. The second kappa shape index (κ2) is 4.69. The molecule has 1 fully saturated rings. The van der Waals surface area contributed by atoms with Crippen molar-refractivity contribution in [3.8, 4) is 0 Å². The number of nitrogens with one attached hydrogen (secondary N) is 1. The van der Waals surface area contributed by atoms with Crippen molar-refractivity contribution < 1.29 is 14.3 Å². The molecule has 1 unspecified atom stereocenters. The predicted molar refractivity (Wildman–Crippen MR) is 46.2 cm³/mol. The average molecular weight is 186 g/mol. The molecule has 5 heteroatoms. The summed E-state index contributed by atoms with van der Waals surface area (Å²) in [6.07, 6.45) is 2.20. The number of amides is 2. The zero-order valence-corrected chi connectivity index (χ0v) is 7.66. The van der Waals surface area contributed by atoms with E-state index in [1.807, 2.05) is 0 Å². The Balaban J connectivity index is 2.33. The maximum atomic E-state index is 10.8. The smallest absolute Gasteiger partial charge is 0.407 e. The summed E-state index contributed by atoms with van der Waals surface area (Å²) >= 11 is 0. The van der Waals surface area contributed by atoms with E-state index in [-0.39, 0.29) is 6.04 Å². The van der Waals surface area contributed by atoms with Crippen LogP contribution < -0.4 is 5.32 Å². The SMILES string of the molecule is COC(=O)NC1CCCN(C=O)C1. The molecule has 0 saturated carbocycles. The molecule has 1 rings (SSSR count). The van der Waals surface area contributed by atoms with E-state index in [9.17, 15) is 9.59 Å². The molecule has 0 aromatic heterocycles. The minimum atomic E-state index is -0.433. The molecule has 0 radical (unpaired) electrons. The maximum absolute atomic E-state index is 10.8. The van der Waals surface area contributed by atoms with E-state index in [1.165, 1.54) is 7.11 Å². The number of nitrogens with zero attached hydrogens (tertiary/aromatic N) is 1. The van der Waals surface area contributed by atoms with E-state index in [0.29, 0.717) is 6.54 Å². The second-order valence-corrected chi connectivity index (χ2v) is 3.08. The van der Waals surface area contributed by atoms with Crippen LogP contribution in [0.2, 0.25) is 0 Å². The first-order valence-corrected chi connectivity index (χ1v) is 4.30. The van der Waals surface area contributed by atoms with Gasteiger partial charge in [0.2, 0.25) is 6.41 Å². The molecule has 1 aliphatic heterocycles. The van der Waals surface area contributed by atoms with E-state index < -0.39 is 6.09 Å². The van der Waals surface area contributed by atoms with Crippen molar-refractivity contribution in [2.75, 3.05) is 20.2 Å². The number of rotatable bonds is 2. The molecule has 13 heavy (non-hydrogen) atoms. The summed E-state index contributed by atoms with van der Waals surface area (Å²) in [6, 6.07) is 0.0337. The molecule has 1 N–H and O–H groups in total. The summed E-state index contributed by atoms with van der Waals surface area (Å²) in [4.78, 5) is 22.9. The van der Waals surface area contributed by atoms with Crippen molar-refractivity contribution in [1.29, 1.82) is 0 Å². The lowest BCUT2D eigenvalue weighted by Gasteiger charge is -2.29. The van der Waals surface area contributed by atoms with Crippen LogP contribution in [0.5, 0.6) is 0 Å². The molecule has 2 amide bonds. The predicted octanol–water partition coefficient (Wildman–Crippen LogP) is -0.0368. The van der Waals surface area contributed by atoms with Crippen LogP contribution in [0.1, 0.15) is 12.8 Å². The Hall–Kier alpha value is -1.26. The number of carbonyl (C=O) groups excluding carboxylic acids is 2. The minimum Gasteiger partial charge on any atom is -0.453 e. The third-order valence-electron chi connectivity index (χ3n) is 2.11. The number of piperidine rings is 1. The Morgan fingerprint density at radius 2 is 2.46 bits per heavy atom. The van der Waals surface area contributed by atoms with E-state index in [1.54, 1.807) is 4.90 Å². The van der Waals surface area contributed by atoms with Crippen molar-refractivity contribution in [2.45, 2.75) is 18.9 Å². The van der Waals surface area contributed by atoms with E-state index in [4.69, 9.17) is 0 Å². The standard InChI is InChI=1S/C8H14N2O3/c1-13-8(12)9-7-3-2-4-10(5-7)6-11/h6-7H,2-5H2,1H3,(H,9,12). The average Bonchev–Trinajstić information content (AvgIpc) is 2.18. The highest BCUT2D eigenvalue weighted by atomic mass is 16.5. The number of carbonyl (C=O) groups is 2. The molecule has 1 atom stereocenters. The molecule has 1 aliphatic rings. The van der Waals surface area contributed by atoms with Gasteiger partial charge in [-0.3, -0.25) is 4.79 Å². The number of likely N-dealkylation sites (tertiary alicyclic amines) is 1. The Morgan fingerprint density at radius 3 is 3.08 bits per heavy atom. The molecule has 0 spiro atoms. The first-order chi connectivity index (χ1) is 6.26. The summed E-state index contributed by atoms with van der Waals surface area (Å²) in [5, 5.41) is 2.67. The number of hydrogen-bond acceptors (Lipinski definition) is 3. The first-order valence-electron chi connectivity index (χ1n) is 4.30. The number of hydrogen-bond donors (Lipinski definition) is 1. The van der Waals surface area contributed by atoms with Crippen LogP contribution in [-0.4, -0.2) is 43.6 Å². The third-order valence-corrected chi connectivity index (χ3v) is 2.11. The van der Waals surface area contributed by atoms with Gasteiger partial charge in [-0.05, 0) is 12.8 Å². The fourth-order valence-corrected chi connectivity index (χ4v) is 1.45. The van der Waals surface area contributed by atoms with Crippen molar-refractivity contribution in [3.63, 3.8) is 0 Å². The first kappa shape index (κ1) is 9.83. The molecule has 0 bridgehead atoms.